The predicted octanol–water partition coefficient (Wildman–Crippen LogP) is 11.5. The summed E-state index contributed by atoms with van der Waals surface area (Å²) in [5, 5.41) is 25.8. The number of rotatable bonds is 3. The van der Waals surface area contributed by atoms with Crippen molar-refractivity contribution in [2.45, 2.75) is 63.0 Å². The van der Waals surface area contributed by atoms with Gasteiger partial charge in [-0.2, -0.15) is 10.5 Å². The first kappa shape index (κ1) is 31.6. The van der Waals surface area contributed by atoms with Crippen molar-refractivity contribution < 1.29 is 9.15 Å². The van der Waals surface area contributed by atoms with Crippen molar-refractivity contribution in [3.8, 4) is 23.6 Å². The van der Waals surface area contributed by atoms with Crippen molar-refractivity contribution in [3.63, 3.8) is 0 Å². The van der Waals surface area contributed by atoms with Gasteiger partial charge >= 0.3 is 0 Å². The van der Waals surface area contributed by atoms with Gasteiger partial charge in [-0.1, -0.05) is 72.9 Å². The second-order valence-electron chi connectivity index (χ2n) is 16.0. The molecular formula is C50H36N4O2. The van der Waals surface area contributed by atoms with Gasteiger partial charge in [-0.3, -0.25) is 0 Å². The molecule has 6 aliphatic rings. The highest BCUT2D eigenvalue weighted by atomic mass is 16.5. The summed E-state index contributed by atoms with van der Waals surface area (Å²) < 4.78 is 17.9. The van der Waals surface area contributed by atoms with E-state index in [9.17, 15) is 10.5 Å². The van der Waals surface area contributed by atoms with E-state index in [-0.39, 0.29) is 12.0 Å². The minimum absolute atomic E-state index is 0.0482. The van der Waals surface area contributed by atoms with Gasteiger partial charge in [-0.25, -0.2) is 0 Å². The predicted molar refractivity (Wildman–Crippen MR) is 223 cm³/mol. The summed E-state index contributed by atoms with van der Waals surface area (Å²) in [6.07, 6.45) is 31.6. The molecule has 0 fully saturated rings. The number of hydrogen-bond acceptors (Lipinski definition) is 4. The van der Waals surface area contributed by atoms with Crippen LogP contribution < -0.4 is 4.74 Å². The molecule has 1 aliphatic heterocycles. The van der Waals surface area contributed by atoms with Crippen LogP contribution in [-0.4, -0.2) is 14.7 Å². The number of nitriles is 2. The quantitative estimate of drug-likeness (QED) is 0.182. The third-order valence-corrected chi connectivity index (χ3v) is 13.1. The molecule has 0 saturated carbocycles. The number of aromatic nitrogens is 2. The van der Waals surface area contributed by atoms with Gasteiger partial charge in [0.05, 0.1) is 45.9 Å². The Morgan fingerprint density at radius 2 is 1.57 bits per heavy atom. The second kappa shape index (κ2) is 11.4. The maximum Gasteiger partial charge on any atom is 0.137 e. The summed E-state index contributed by atoms with van der Waals surface area (Å²) in [5.41, 5.74) is 13.5. The Hall–Kier alpha value is -6.76. The normalized spacial score (nSPS) is 22.3. The molecule has 268 valence electrons. The molecule has 4 heterocycles. The lowest BCUT2D eigenvalue weighted by molar-refractivity contribution is 0.155. The van der Waals surface area contributed by atoms with Crippen LogP contribution in [0.1, 0.15) is 88.7 Å². The summed E-state index contributed by atoms with van der Waals surface area (Å²) in [5.74, 6) is 1.87. The van der Waals surface area contributed by atoms with E-state index in [1.807, 2.05) is 12.1 Å². The van der Waals surface area contributed by atoms with Gasteiger partial charge < -0.3 is 18.3 Å². The standard InChI is InChI=1S/C50H36N4O2/c1-50-26-9-8-15-38(50)47-45(56-50)25-22-34-32-12-3-6-17-40(32)54(49(34)47)42-23-20-30(37(42)28-52)29-14-10-18-41(36(29)27-51)53-39-16-5-2-11-31(39)33-21-24-44-46(48(33)53)35-13-4-7-19-43(35)55-44/h2-3,7-12,14-15,18-26,38,42H,4-6,13,16-17H2,1H3. The maximum absolute atomic E-state index is 11.2. The largest absolute Gasteiger partial charge is 0.482 e. The molecule has 3 unspecified atom stereocenters. The van der Waals surface area contributed by atoms with Gasteiger partial charge in [-0.05, 0) is 93.5 Å². The van der Waals surface area contributed by atoms with Crippen molar-refractivity contribution in [2.24, 2.45) is 0 Å². The summed E-state index contributed by atoms with van der Waals surface area (Å²) in [6.45, 7) is 2.16. The SMILES string of the molecule is CC12C=CC=CC1c1c(ccc3c4c(n(C5C=CC(c6cccc(-n7c8c(c9ccc%10oc%11c(c%10c97)CCC=C%11)C=CCC8)c6C#N)=C5C#N)c13)CCC=C4)O2. The summed E-state index contributed by atoms with van der Waals surface area (Å²) in [6, 6.07) is 19.7. The molecule has 3 aromatic heterocycles. The van der Waals surface area contributed by atoms with Gasteiger partial charge in [-0.15, -0.1) is 0 Å². The van der Waals surface area contributed by atoms with Crippen LogP contribution in [0.3, 0.4) is 0 Å². The van der Waals surface area contributed by atoms with E-state index in [0.29, 0.717) is 11.1 Å². The Bertz CT molecular complexity index is 3110. The van der Waals surface area contributed by atoms with Crippen molar-refractivity contribution in [1.82, 2.24) is 9.13 Å². The highest BCUT2D eigenvalue weighted by Crippen LogP contribution is 2.54. The van der Waals surface area contributed by atoms with Gasteiger partial charge in [0.25, 0.3) is 0 Å². The molecule has 0 spiro atoms. The average Bonchev–Trinajstić information content (AvgIpc) is 4.04. The van der Waals surface area contributed by atoms with Crippen molar-refractivity contribution in [3.05, 3.63) is 153 Å². The first-order valence-electron chi connectivity index (χ1n) is 19.8. The molecule has 12 rings (SSSR count). The summed E-state index contributed by atoms with van der Waals surface area (Å²) in [4.78, 5) is 0. The molecule has 0 amide bonds. The lowest BCUT2D eigenvalue weighted by atomic mass is 9.81. The number of benzene rings is 3. The highest BCUT2D eigenvalue weighted by molar-refractivity contribution is 6.11. The van der Waals surface area contributed by atoms with E-state index in [2.05, 4.69) is 131 Å². The van der Waals surface area contributed by atoms with Crippen LogP contribution in [0.4, 0.5) is 0 Å². The highest BCUT2D eigenvalue weighted by Gasteiger charge is 2.45. The van der Waals surface area contributed by atoms with Crippen LogP contribution in [0.2, 0.25) is 0 Å². The monoisotopic (exact) mass is 724 g/mol. The number of hydrogen-bond donors (Lipinski definition) is 0. The molecule has 3 atom stereocenters. The molecule has 0 radical (unpaired) electrons. The Morgan fingerprint density at radius 1 is 0.786 bits per heavy atom. The zero-order valence-corrected chi connectivity index (χ0v) is 31.0. The Labute approximate surface area is 324 Å². The first-order valence-corrected chi connectivity index (χ1v) is 19.8. The molecule has 5 aliphatic carbocycles. The topological polar surface area (TPSA) is 79.8 Å². The van der Waals surface area contributed by atoms with E-state index in [4.69, 9.17) is 9.15 Å². The van der Waals surface area contributed by atoms with Gasteiger partial charge in [0.2, 0.25) is 0 Å². The number of fused-ring (bicyclic) bond motifs is 14. The molecule has 6 aromatic rings. The van der Waals surface area contributed by atoms with E-state index in [0.717, 1.165) is 88.9 Å². The molecule has 56 heavy (non-hydrogen) atoms. The van der Waals surface area contributed by atoms with Crippen LogP contribution >= 0.6 is 0 Å². The molecule has 0 saturated heterocycles. The maximum atomic E-state index is 11.2. The van der Waals surface area contributed by atoms with Gasteiger partial charge in [0, 0.05) is 55.4 Å². The Kier molecular flexibility index (Phi) is 6.42. The first-order chi connectivity index (χ1) is 27.6. The minimum Gasteiger partial charge on any atom is -0.482 e. The van der Waals surface area contributed by atoms with Crippen molar-refractivity contribution >= 4 is 56.6 Å². The third-order valence-electron chi connectivity index (χ3n) is 13.1. The molecule has 6 heteroatoms. The third kappa shape index (κ3) is 4.03. The van der Waals surface area contributed by atoms with E-state index in [1.165, 1.54) is 44.4 Å². The lowest BCUT2D eigenvalue weighted by Crippen LogP contribution is -2.32. The number of furan rings is 1. The average molecular weight is 725 g/mol. The van der Waals surface area contributed by atoms with Crippen molar-refractivity contribution in [1.29, 1.82) is 10.5 Å². The fourth-order valence-corrected chi connectivity index (χ4v) is 10.7. The zero-order valence-electron chi connectivity index (χ0n) is 31.0. The summed E-state index contributed by atoms with van der Waals surface area (Å²) >= 11 is 0. The minimum atomic E-state index is -0.473. The number of aryl methyl sites for hydroxylation is 1. The Balaban J connectivity index is 1.09. The molecule has 0 bridgehead atoms. The van der Waals surface area contributed by atoms with Crippen LogP contribution in [0.15, 0.2) is 107 Å². The number of ether oxygens (including phenoxy) is 1. The fourth-order valence-electron chi connectivity index (χ4n) is 10.7. The molecule has 6 nitrogen and oxygen atoms in total. The van der Waals surface area contributed by atoms with Crippen LogP contribution in [0.5, 0.6) is 5.75 Å². The zero-order chi connectivity index (χ0) is 37.3. The molecule has 0 N–H and O–H groups in total. The number of nitrogens with zero attached hydrogens (tertiary/aromatic N) is 4. The number of allylic oxidation sites excluding steroid dienone is 9. The van der Waals surface area contributed by atoms with Crippen LogP contribution in [0.25, 0.3) is 62.3 Å². The smallest absolute Gasteiger partial charge is 0.137 e. The fraction of sp³-hybridized carbons (Fsp3) is 0.200. The van der Waals surface area contributed by atoms with Crippen LogP contribution in [0, 0.1) is 22.7 Å². The van der Waals surface area contributed by atoms with Crippen molar-refractivity contribution in [2.75, 3.05) is 0 Å². The van der Waals surface area contributed by atoms with Gasteiger partial charge in [0.1, 0.15) is 28.8 Å². The van der Waals surface area contributed by atoms with Crippen LogP contribution in [-0.2, 0) is 19.3 Å². The summed E-state index contributed by atoms with van der Waals surface area (Å²) in [7, 11) is 0. The van der Waals surface area contributed by atoms with Gasteiger partial charge in [0.15, 0.2) is 0 Å². The second-order valence-corrected chi connectivity index (χ2v) is 16.0. The van der Waals surface area contributed by atoms with E-state index >= 15 is 0 Å². The Morgan fingerprint density at radius 3 is 2.43 bits per heavy atom. The van der Waals surface area contributed by atoms with E-state index in [1.54, 1.807) is 0 Å². The lowest BCUT2D eigenvalue weighted by Gasteiger charge is -2.28. The van der Waals surface area contributed by atoms with E-state index < -0.39 is 5.60 Å². The molecule has 3 aromatic carbocycles. The molecular weight excluding hydrogens is 689 g/mol.